The van der Waals surface area contributed by atoms with Gasteiger partial charge in [-0.2, -0.15) is 0 Å². The van der Waals surface area contributed by atoms with Crippen LogP contribution in [0.4, 0.5) is 0 Å². The van der Waals surface area contributed by atoms with Crippen molar-refractivity contribution in [3.05, 3.63) is 63.7 Å². The largest absolute Gasteiger partial charge is 0.484 e. The second-order valence-electron chi connectivity index (χ2n) is 4.53. The van der Waals surface area contributed by atoms with Crippen molar-refractivity contribution in [3.8, 4) is 5.75 Å². The smallest absolute Gasteiger partial charge is 0.202 e. The zero-order chi connectivity index (χ0) is 14.8. The fourth-order valence-electron chi connectivity index (χ4n) is 2.12. The average Bonchev–Trinajstić information content (AvgIpc) is 2.90. The number of benzene rings is 2. The highest BCUT2D eigenvalue weighted by Crippen LogP contribution is 2.28. The molecule has 21 heavy (non-hydrogen) atoms. The van der Waals surface area contributed by atoms with Gasteiger partial charge in [0.05, 0.1) is 4.47 Å². The third-order valence-corrected chi connectivity index (χ3v) is 4.00. The molecule has 1 heterocycles. The minimum absolute atomic E-state index is 0.0257. The number of nitrogens with one attached hydrogen (secondary N) is 1. The number of aromatic amines is 1. The van der Waals surface area contributed by atoms with Crippen molar-refractivity contribution in [2.24, 2.45) is 0 Å². The first kappa shape index (κ1) is 14.2. The van der Waals surface area contributed by atoms with E-state index >= 15 is 0 Å². The van der Waals surface area contributed by atoms with E-state index in [1.165, 1.54) is 0 Å². The van der Waals surface area contributed by atoms with Gasteiger partial charge in [-0.25, -0.2) is 0 Å². The number of para-hydroxylation sites is 1. The van der Waals surface area contributed by atoms with Crippen LogP contribution >= 0.6 is 27.5 Å². The van der Waals surface area contributed by atoms with Crippen LogP contribution in [-0.4, -0.2) is 17.4 Å². The maximum absolute atomic E-state index is 12.3. The van der Waals surface area contributed by atoms with Crippen molar-refractivity contribution >= 4 is 44.2 Å². The number of ketones is 1. The van der Waals surface area contributed by atoms with Crippen LogP contribution in [0.25, 0.3) is 10.9 Å². The topological polar surface area (TPSA) is 42.1 Å². The molecule has 1 N–H and O–H groups in total. The van der Waals surface area contributed by atoms with Gasteiger partial charge in [0.2, 0.25) is 5.78 Å². The number of Topliss-reactive ketones (excluding diaryl/α,β-unsaturated/α-hetero) is 1. The number of carbonyl (C=O) groups excluding carboxylic acids is 1. The van der Waals surface area contributed by atoms with E-state index in [1.54, 1.807) is 24.4 Å². The molecule has 0 saturated heterocycles. The number of aromatic nitrogens is 1. The van der Waals surface area contributed by atoms with Crippen LogP contribution in [0.5, 0.6) is 5.75 Å². The molecule has 0 aliphatic carbocycles. The normalized spacial score (nSPS) is 10.8. The molecule has 1 aromatic heterocycles. The molecule has 3 rings (SSSR count). The number of halogens is 2. The molecular weight excluding hydrogens is 354 g/mol. The molecule has 0 radical (unpaired) electrons. The van der Waals surface area contributed by atoms with Gasteiger partial charge < -0.3 is 9.72 Å². The predicted molar refractivity (Wildman–Crippen MR) is 87.3 cm³/mol. The van der Waals surface area contributed by atoms with E-state index in [9.17, 15) is 4.79 Å². The van der Waals surface area contributed by atoms with Crippen molar-refractivity contribution in [2.45, 2.75) is 0 Å². The Labute approximate surface area is 135 Å². The van der Waals surface area contributed by atoms with Gasteiger partial charge in [0, 0.05) is 27.7 Å². The van der Waals surface area contributed by atoms with Gasteiger partial charge in [-0.3, -0.25) is 4.79 Å². The maximum Gasteiger partial charge on any atom is 0.202 e. The van der Waals surface area contributed by atoms with Crippen LogP contribution in [0, 0.1) is 0 Å². The Kier molecular flexibility index (Phi) is 3.99. The Morgan fingerprint density at radius 1 is 1.24 bits per heavy atom. The summed E-state index contributed by atoms with van der Waals surface area (Å²) in [4.78, 5) is 15.4. The molecule has 0 aliphatic heterocycles. The Hall–Kier alpha value is -1.78. The lowest BCUT2D eigenvalue weighted by Crippen LogP contribution is -2.11. The summed E-state index contributed by atoms with van der Waals surface area (Å²) in [6, 6.07) is 12.9. The Bertz CT molecular complexity index is 813. The van der Waals surface area contributed by atoms with Crippen molar-refractivity contribution in [1.82, 2.24) is 4.98 Å². The number of hydrogen-bond donors (Lipinski definition) is 1. The summed E-state index contributed by atoms with van der Waals surface area (Å²) in [7, 11) is 0. The molecule has 3 nitrogen and oxygen atoms in total. The second-order valence-corrected chi connectivity index (χ2v) is 5.83. The van der Waals surface area contributed by atoms with Crippen LogP contribution in [-0.2, 0) is 0 Å². The first-order valence-electron chi connectivity index (χ1n) is 6.32. The molecule has 0 aliphatic rings. The fraction of sp³-hybridized carbons (Fsp3) is 0.0625. The number of ether oxygens (including phenoxy) is 1. The van der Waals surface area contributed by atoms with Crippen LogP contribution in [0.3, 0.4) is 0 Å². The molecule has 0 bridgehead atoms. The summed E-state index contributed by atoms with van der Waals surface area (Å²) in [6.07, 6.45) is 1.72. The standard InChI is InChI=1S/C16H11BrClNO2/c17-13-7-10(18)5-6-16(13)21-9-15(20)12-8-19-14-4-2-1-3-11(12)14/h1-8,19H,9H2. The Morgan fingerprint density at radius 3 is 2.86 bits per heavy atom. The number of carbonyl (C=O) groups is 1. The van der Waals surface area contributed by atoms with Gasteiger partial charge in [0.25, 0.3) is 0 Å². The highest BCUT2D eigenvalue weighted by atomic mass is 79.9. The molecule has 0 fully saturated rings. The third kappa shape index (κ3) is 2.96. The minimum atomic E-state index is -0.0747. The third-order valence-electron chi connectivity index (χ3n) is 3.14. The van der Waals surface area contributed by atoms with Crippen molar-refractivity contribution < 1.29 is 9.53 Å². The van der Waals surface area contributed by atoms with Gasteiger partial charge in [-0.05, 0) is 40.2 Å². The van der Waals surface area contributed by atoms with E-state index in [2.05, 4.69) is 20.9 Å². The highest BCUT2D eigenvalue weighted by Gasteiger charge is 2.13. The van der Waals surface area contributed by atoms with Crippen LogP contribution < -0.4 is 4.74 Å². The van der Waals surface area contributed by atoms with Crippen molar-refractivity contribution in [1.29, 1.82) is 0 Å². The molecule has 5 heteroatoms. The SMILES string of the molecule is O=C(COc1ccc(Cl)cc1Br)c1c[nH]c2ccccc12. The summed E-state index contributed by atoms with van der Waals surface area (Å²) in [6.45, 7) is -0.0257. The summed E-state index contributed by atoms with van der Waals surface area (Å²) >= 11 is 9.23. The summed E-state index contributed by atoms with van der Waals surface area (Å²) in [5.41, 5.74) is 1.57. The molecule has 0 amide bonds. The van der Waals surface area contributed by atoms with E-state index in [-0.39, 0.29) is 12.4 Å². The van der Waals surface area contributed by atoms with Gasteiger partial charge in [0.15, 0.2) is 6.61 Å². The number of hydrogen-bond acceptors (Lipinski definition) is 2. The number of rotatable bonds is 4. The lowest BCUT2D eigenvalue weighted by atomic mass is 10.1. The molecule has 0 saturated carbocycles. The average molecular weight is 365 g/mol. The van der Waals surface area contributed by atoms with E-state index in [4.69, 9.17) is 16.3 Å². The van der Waals surface area contributed by atoms with Crippen LogP contribution in [0.15, 0.2) is 53.1 Å². The predicted octanol–water partition coefficient (Wildman–Crippen LogP) is 4.85. The van der Waals surface area contributed by atoms with Gasteiger partial charge in [-0.1, -0.05) is 29.8 Å². The number of H-pyrrole nitrogens is 1. The first-order chi connectivity index (χ1) is 10.1. The summed E-state index contributed by atoms with van der Waals surface area (Å²) in [5, 5.41) is 1.51. The molecule has 0 unspecified atom stereocenters. The van der Waals surface area contributed by atoms with Crippen molar-refractivity contribution in [3.63, 3.8) is 0 Å². The quantitative estimate of drug-likeness (QED) is 0.673. The van der Waals surface area contributed by atoms with Crippen LogP contribution in [0.2, 0.25) is 5.02 Å². The van der Waals surface area contributed by atoms with Gasteiger partial charge >= 0.3 is 0 Å². The Morgan fingerprint density at radius 2 is 2.05 bits per heavy atom. The molecule has 0 atom stereocenters. The zero-order valence-electron chi connectivity index (χ0n) is 10.9. The van der Waals surface area contributed by atoms with E-state index in [0.29, 0.717) is 16.3 Å². The summed E-state index contributed by atoms with van der Waals surface area (Å²) in [5.74, 6) is 0.516. The van der Waals surface area contributed by atoms with Crippen LogP contribution in [0.1, 0.15) is 10.4 Å². The van der Waals surface area contributed by atoms with E-state index in [1.807, 2.05) is 24.3 Å². The van der Waals surface area contributed by atoms with E-state index in [0.717, 1.165) is 15.4 Å². The zero-order valence-corrected chi connectivity index (χ0v) is 13.2. The Balaban J connectivity index is 1.77. The lowest BCUT2D eigenvalue weighted by Gasteiger charge is -2.07. The minimum Gasteiger partial charge on any atom is -0.484 e. The number of fused-ring (bicyclic) bond motifs is 1. The van der Waals surface area contributed by atoms with Crippen molar-refractivity contribution in [2.75, 3.05) is 6.61 Å². The van der Waals surface area contributed by atoms with E-state index < -0.39 is 0 Å². The fourth-order valence-corrected chi connectivity index (χ4v) is 2.91. The lowest BCUT2D eigenvalue weighted by molar-refractivity contribution is 0.0922. The monoisotopic (exact) mass is 363 g/mol. The molecule has 3 aromatic rings. The molecule has 0 spiro atoms. The highest BCUT2D eigenvalue weighted by molar-refractivity contribution is 9.10. The van der Waals surface area contributed by atoms with Gasteiger partial charge in [-0.15, -0.1) is 0 Å². The van der Waals surface area contributed by atoms with Gasteiger partial charge in [0.1, 0.15) is 5.75 Å². The molecule has 106 valence electrons. The summed E-state index contributed by atoms with van der Waals surface area (Å²) < 4.78 is 6.28. The molecule has 2 aromatic carbocycles. The first-order valence-corrected chi connectivity index (χ1v) is 7.49. The maximum atomic E-state index is 12.3. The second kappa shape index (κ2) is 5.92. The molecular formula is C16H11BrClNO2.